The van der Waals surface area contributed by atoms with Gasteiger partial charge in [-0.1, -0.05) is 13.3 Å². The van der Waals surface area contributed by atoms with E-state index < -0.39 is 0 Å². The summed E-state index contributed by atoms with van der Waals surface area (Å²) in [4.78, 5) is 0. The molecular weight excluding hydrogens is 260 g/mol. The van der Waals surface area contributed by atoms with Crippen molar-refractivity contribution in [2.24, 2.45) is 0 Å². The molecule has 0 amide bonds. The van der Waals surface area contributed by atoms with Gasteiger partial charge in [-0.05, 0) is 26.7 Å². The van der Waals surface area contributed by atoms with Crippen LogP contribution in [-0.4, -0.2) is 63.6 Å². The van der Waals surface area contributed by atoms with Gasteiger partial charge in [0.2, 0.25) is 0 Å². The molecule has 0 aromatic carbocycles. The van der Waals surface area contributed by atoms with E-state index in [1.807, 2.05) is 6.92 Å². The summed E-state index contributed by atoms with van der Waals surface area (Å²) < 4.78 is 21.6. The molecule has 0 radical (unpaired) electrons. The fourth-order valence-electron chi connectivity index (χ4n) is 1.64. The second-order valence-electron chi connectivity index (χ2n) is 4.96. The smallest absolute Gasteiger partial charge is 0.0704 e. The first-order valence-corrected chi connectivity index (χ1v) is 7.69. The van der Waals surface area contributed by atoms with Gasteiger partial charge >= 0.3 is 0 Å². The van der Waals surface area contributed by atoms with Crippen LogP contribution < -0.4 is 0 Å². The lowest BCUT2D eigenvalue weighted by Gasteiger charge is -2.14. The molecule has 5 nitrogen and oxygen atoms in total. The molecular formula is C15H32O5. The summed E-state index contributed by atoms with van der Waals surface area (Å²) in [6, 6.07) is 0. The van der Waals surface area contributed by atoms with Gasteiger partial charge in [0.15, 0.2) is 0 Å². The van der Waals surface area contributed by atoms with Crippen molar-refractivity contribution in [2.75, 3.05) is 46.2 Å². The van der Waals surface area contributed by atoms with Crippen molar-refractivity contribution >= 4 is 0 Å². The van der Waals surface area contributed by atoms with Crippen LogP contribution in [0.25, 0.3) is 0 Å². The van der Waals surface area contributed by atoms with E-state index in [2.05, 4.69) is 6.92 Å². The molecule has 0 bridgehead atoms. The highest BCUT2D eigenvalue weighted by Gasteiger charge is 2.05. The van der Waals surface area contributed by atoms with E-state index in [0.29, 0.717) is 46.1 Å². The summed E-state index contributed by atoms with van der Waals surface area (Å²) in [5, 5.41) is 9.18. The molecule has 0 heterocycles. The average Bonchev–Trinajstić information content (AvgIpc) is 2.39. The standard InChI is InChI=1S/C15H32O5/c1-4-5-6-17-7-8-18-9-10-19-11-12-20-15(3)13-14(2)16/h14-16H,4-13H2,1-3H3. The SMILES string of the molecule is CCCCOCCOCCOCCOC(C)CC(C)O. The molecule has 0 aliphatic carbocycles. The Bertz CT molecular complexity index is 187. The fraction of sp³-hybridized carbons (Fsp3) is 1.00. The van der Waals surface area contributed by atoms with Crippen LogP contribution in [0.5, 0.6) is 0 Å². The summed E-state index contributed by atoms with van der Waals surface area (Å²) in [5.74, 6) is 0. The summed E-state index contributed by atoms with van der Waals surface area (Å²) in [5.41, 5.74) is 0. The third-order valence-corrected chi connectivity index (χ3v) is 2.69. The Morgan fingerprint density at radius 3 is 1.80 bits per heavy atom. The lowest BCUT2D eigenvalue weighted by molar-refractivity contribution is -0.0240. The zero-order valence-corrected chi connectivity index (χ0v) is 13.3. The van der Waals surface area contributed by atoms with E-state index in [0.717, 1.165) is 19.4 Å². The highest BCUT2D eigenvalue weighted by molar-refractivity contribution is 4.55. The van der Waals surface area contributed by atoms with E-state index in [1.54, 1.807) is 6.92 Å². The van der Waals surface area contributed by atoms with Crippen molar-refractivity contribution in [3.05, 3.63) is 0 Å². The zero-order valence-electron chi connectivity index (χ0n) is 13.3. The Hall–Kier alpha value is -0.200. The second kappa shape index (κ2) is 15.2. The predicted octanol–water partition coefficient (Wildman–Crippen LogP) is 2.01. The lowest BCUT2D eigenvalue weighted by Crippen LogP contribution is -2.18. The van der Waals surface area contributed by atoms with Crippen molar-refractivity contribution in [3.8, 4) is 0 Å². The third kappa shape index (κ3) is 15.9. The molecule has 2 atom stereocenters. The number of hydrogen-bond donors (Lipinski definition) is 1. The van der Waals surface area contributed by atoms with Crippen LogP contribution in [0.15, 0.2) is 0 Å². The first-order chi connectivity index (χ1) is 9.66. The minimum atomic E-state index is -0.320. The van der Waals surface area contributed by atoms with Crippen molar-refractivity contribution < 1.29 is 24.1 Å². The topological polar surface area (TPSA) is 57.2 Å². The minimum Gasteiger partial charge on any atom is -0.393 e. The molecule has 122 valence electrons. The number of rotatable bonds is 15. The largest absolute Gasteiger partial charge is 0.393 e. The number of hydrogen-bond acceptors (Lipinski definition) is 5. The van der Waals surface area contributed by atoms with Crippen LogP contribution in [0.4, 0.5) is 0 Å². The van der Waals surface area contributed by atoms with Gasteiger partial charge in [-0.3, -0.25) is 0 Å². The monoisotopic (exact) mass is 292 g/mol. The van der Waals surface area contributed by atoms with Gasteiger partial charge in [0.25, 0.3) is 0 Å². The normalized spacial score (nSPS) is 14.4. The van der Waals surface area contributed by atoms with Gasteiger partial charge in [-0.25, -0.2) is 0 Å². The molecule has 0 aliphatic rings. The van der Waals surface area contributed by atoms with Gasteiger partial charge in [0.05, 0.1) is 51.8 Å². The molecule has 0 aliphatic heterocycles. The molecule has 0 rings (SSSR count). The first-order valence-electron chi connectivity index (χ1n) is 7.69. The summed E-state index contributed by atoms with van der Waals surface area (Å²) in [6.07, 6.45) is 2.67. The number of ether oxygens (including phenoxy) is 4. The number of unbranched alkanes of at least 4 members (excludes halogenated alkanes) is 1. The molecule has 2 unspecified atom stereocenters. The molecule has 0 saturated heterocycles. The molecule has 0 spiro atoms. The van der Waals surface area contributed by atoms with Crippen molar-refractivity contribution in [1.29, 1.82) is 0 Å². The van der Waals surface area contributed by atoms with Crippen LogP contribution in [0.2, 0.25) is 0 Å². The second-order valence-corrected chi connectivity index (χ2v) is 4.96. The summed E-state index contributed by atoms with van der Waals surface area (Å²) in [6.45, 7) is 10.2. The van der Waals surface area contributed by atoms with Crippen LogP contribution in [0.1, 0.15) is 40.0 Å². The fourth-order valence-corrected chi connectivity index (χ4v) is 1.64. The van der Waals surface area contributed by atoms with E-state index in [9.17, 15) is 5.11 Å². The highest BCUT2D eigenvalue weighted by Crippen LogP contribution is 2.01. The third-order valence-electron chi connectivity index (χ3n) is 2.69. The van der Waals surface area contributed by atoms with Crippen molar-refractivity contribution in [3.63, 3.8) is 0 Å². The highest BCUT2D eigenvalue weighted by atomic mass is 16.6. The Kier molecular flexibility index (Phi) is 15.0. The molecule has 0 fully saturated rings. The maximum Gasteiger partial charge on any atom is 0.0704 e. The lowest BCUT2D eigenvalue weighted by atomic mass is 10.2. The maximum atomic E-state index is 9.18. The quantitative estimate of drug-likeness (QED) is 0.468. The van der Waals surface area contributed by atoms with Crippen LogP contribution in [0.3, 0.4) is 0 Å². The Balaban J connectivity index is 3.06. The molecule has 0 aromatic rings. The van der Waals surface area contributed by atoms with Crippen LogP contribution >= 0.6 is 0 Å². The predicted molar refractivity (Wildman–Crippen MR) is 79.1 cm³/mol. The minimum absolute atomic E-state index is 0.0649. The van der Waals surface area contributed by atoms with Crippen LogP contribution in [0, 0.1) is 0 Å². The summed E-state index contributed by atoms with van der Waals surface area (Å²) in [7, 11) is 0. The van der Waals surface area contributed by atoms with Gasteiger partial charge in [-0.2, -0.15) is 0 Å². The van der Waals surface area contributed by atoms with Crippen molar-refractivity contribution in [1.82, 2.24) is 0 Å². The van der Waals surface area contributed by atoms with E-state index >= 15 is 0 Å². The maximum absolute atomic E-state index is 9.18. The van der Waals surface area contributed by atoms with Crippen molar-refractivity contribution in [2.45, 2.75) is 52.2 Å². The summed E-state index contributed by atoms with van der Waals surface area (Å²) >= 11 is 0. The van der Waals surface area contributed by atoms with Gasteiger partial charge in [0, 0.05) is 6.61 Å². The average molecular weight is 292 g/mol. The molecule has 0 saturated carbocycles. The van der Waals surface area contributed by atoms with E-state index in [-0.39, 0.29) is 12.2 Å². The Labute approximate surface area is 123 Å². The van der Waals surface area contributed by atoms with Gasteiger partial charge in [-0.15, -0.1) is 0 Å². The molecule has 1 N–H and O–H groups in total. The Morgan fingerprint density at radius 1 is 0.800 bits per heavy atom. The van der Waals surface area contributed by atoms with E-state index in [1.165, 1.54) is 0 Å². The number of aliphatic hydroxyl groups is 1. The van der Waals surface area contributed by atoms with Gasteiger partial charge < -0.3 is 24.1 Å². The van der Waals surface area contributed by atoms with Crippen LogP contribution in [-0.2, 0) is 18.9 Å². The zero-order chi connectivity index (χ0) is 15.1. The van der Waals surface area contributed by atoms with E-state index in [4.69, 9.17) is 18.9 Å². The molecule has 0 aromatic heterocycles. The number of aliphatic hydroxyl groups excluding tert-OH is 1. The Morgan fingerprint density at radius 2 is 1.30 bits per heavy atom. The first kappa shape index (κ1) is 19.8. The molecule has 5 heteroatoms. The van der Waals surface area contributed by atoms with Gasteiger partial charge in [0.1, 0.15) is 0 Å². The molecule has 20 heavy (non-hydrogen) atoms.